The molecule has 0 nitrogen and oxygen atoms in total. The molecule has 0 radical (unpaired) electrons. The third kappa shape index (κ3) is 3.74. The number of benzene rings is 3. The molecule has 2 heteroatoms. The maximum Gasteiger partial charge on any atom is 0.0534 e. The molecule has 0 saturated heterocycles. The van der Waals surface area contributed by atoms with Crippen molar-refractivity contribution in [2.75, 3.05) is 0 Å². The van der Waals surface area contributed by atoms with Crippen molar-refractivity contribution in [1.29, 1.82) is 0 Å². The summed E-state index contributed by atoms with van der Waals surface area (Å²) >= 11 is 7.92. The smallest absolute Gasteiger partial charge is 0.0534 e. The number of hydrogen-bond acceptors (Lipinski definition) is 0. The lowest BCUT2D eigenvalue weighted by Crippen LogP contribution is -2.21. The number of aryl methyl sites for hydroxylation is 1. The van der Waals surface area contributed by atoms with Gasteiger partial charge in [-0.15, -0.1) is 0 Å². The van der Waals surface area contributed by atoms with Crippen molar-refractivity contribution in [2.45, 2.75) is 56.7 Å². The fourth-order valence-electron chi connectivity index (χ4n) is 6.06. The largest absolute Gasteiger partial charge is 0.0798 e. The molecule has 0 heterocycles. The molecule has 2 aliphatic carbocycles. The maximum absolute atomic E-state index is 4.18. The van der Waals surface area contributed by atoms with Crippen molar-refractivity contribution in [3.63, 3.8) is 0 Å². The van der Waals surface area contributed by atoms with Crippen LogP contribution in [0.1, 0.15) is 68.2 Å². The Morgan fingerprint density at radius 1 is 1.03 bits per heavy atom. The molecule has 0 amide bonds. The fraction of sp³-hybridized carbons (Fsp3) is 0.379. The monoisotopic (exact) mass is 536 g/mol. The van der Waals surface area contributed by atoms with E-state index in [4.69, 9.17) is 0 Å². The summed E-state index contributed by atoms with van der Waals surface area (Å²) in [5.74, 6) is 1.95. The Morgan fingerprint density at radius 3 is 2.61 bits per heavy atom. The Balaban J connectivity index is 1.46. The lowest BCUT2D eigenvalue weighted by atomic mass is 9.86. The van der Waals surface area contributed by atoms with Crippen LogP contribution < -0.4 is 0 Å². The first-order valence-electron chi connectivity index (χ1n) is 11.5. The van der Waals surface area contributed by atoms with Gasteiger partial charge in [-0.25, -0.2) is 0 Å². The van der Waals surface area contributed by atoms with Gasteiger partial charge in [0, 0.05) is 10.4 Å². The first-order chi connectivity index (χ1) is 14.9. The minimum absolute atomic E-state index is 0.115. The predicted molar refractivity (Wildman–Crippen MR) is 141 cm³/mol. The molecular formula is C29H30Br2. The quantitative estimate of drug-likeness (QED) is 0.291. The first kappa shape index (κ1) is 21.5. The van der Waals surface area contributed by atoms with E-state index in [2.05, 4.69) is 113 Å². The van der Waals surface area contributed by atoms with E-state index in [1.165, 1.54) is 55.9 Å². The summed E-state index contributed by atoms with van der Waals surface area (Å²) in [5.41, 5.74) is 7.26. The maximum atomic E-state index is 4.18. The van der Waals surface area contributed by atoms with Gasteiger partial charge in [0.2, 0.25) is 0 Å². The summed E-state index contributed by atoms with van der Waals surface area (Å²) < 4.78 is 1.33. The Labute approximate surface area is 203 Å². The van der Waals surface area contributed by atoms with Crippen LogP contribution in [0.25, 0.3) is 16.8 Å². The Kier molecular flexibility index (Phi) is 5.67. The van der Waals surface area contributed by atoms with E-state index < -0.39 is 0 Å². The highest BCUT2D eigenvalue weighted by Crippen LogP contribution is 2.53. The molecule has 3 aromatic carbocycles. The van der Waals surface area contributed by atoms with E-state index >= 15 is 0 Å². The zero-order valence-corrected chi connectivity index (χ0v) is 21.8. The van der Waals surface area contributed by atoms with Gasteiger partial charge in [0.25, 0.3) is 0 Å². The van der Waals surface area contributed by atoms with Crippen molar-refractivity contribution in [3.8, 4) is 0 Å². The molecule has 1 fully saturated rings. The molecule has 2 aliphatic rings. The molecule has 0 N–H and O–H groups in total. The summed E-state index contributed by atoms with van der Waals surface area (Å²) in [4.78, 5) is 0. The van der Waals surface area contributed by atoms with Gasteiger partial charge >= 0.3 is 0 Å². The van der Waals surface area contributed by atoms with Crippen molar-refractivity contribution in [3.05, 3.63) is 86.9 Å². The van der Waals surface area contributed by atoms with Crippen LogP contribution in [0.4, 0.5) is 0 Å². The molecule has 1 saturated carbocycles. The van der Waals surface area contributed by atoms with Crippen LogP contribution in [-0.2, 0) is 10.7 Å². The highest BCUT2D eigenvalue weighted by atomic mass is 79.9. The summed E-state index contributed by atoms with van der Waals surface area (Å²) in [6.45, 7) is 7.08. The second-order valence-electron chi connectivity index (χ2n) is 9.88. The van der Waals surface area contributed by atoms with Gasteiger partial charge in [-0.3, -0.25) is 0 Å². The van der Waals surface area contributed by atoms with Gasteiger partial charge < -0.3 is 0 Å². The molecule has 0 aliphatic heterocycles. The first-order valence-corrected chi connectivity index (χ1v) is 13.1. The molecule has 160 valence electrons. The molecule has 0 aromatic heterocycles. The lowest BCUT2D eigenvalue weighted by Gasteiger charge is -2.28. The van der Waals surface area contributed by atoms with Gasteiger partial charge in [0.15, 0.2) is 0 Å². The number of fused-ring (bicyclic) bond motifs is 2. The third-order valence-corrected chi connectivity index (χ3v) is 9.98. The number of alkyl halides is 1. The molecule has 5 rings (SSSR count). The van der Waals surface area contributed by atoms with Crippen molar-refractivity contribution >= 4 is 48.7 Å². The highest BCUT2D eigenvalue weighted by Gasteiger charge is 2.42. The van der Waals surface area contributed by atoms with Gasteiger partial charge in [-0.2, -0.15) is 0 Å². The second-order valence-corrected chi connectivity index (χ2v) is 12.2. The number of rotatable bonds is 4. The van der Waals surface area contributed by atoms with Crippen molar-refractivity contribution in [1.82, 2.24) is 0 Å². The topological polar surface area (TPSA) is 0 Å². The zero-order chi connectivity index (χ0) is 21.8. The average Bonchev–Trinajstić information content (AvgIpc) is 3.21. The van der Waals surface area contributed by atoms with Crippen LogP contribution in [0.15, 0.2) is 64.6 Å². The van der Waals surface area contributed by atoms with Crippen LogP contribution in [0.2, 0.25) is 0 Å². The van der Waals surface area contributed by atoms with Crippen LogP contribution in [0, 0.1) is 11.8 Å². The Bertz CT molecular complexity index is 1170. The second kappa shape index (κ2) is 8.19. The molecular weight excluding hydrogens is 508 g/mol. The van der Waals surface area contributed by atoms with Crippen LogP contribution >= 0.6 is 31.9 Å². The van der Waals surface area contributed by atoms with Gasteiger partial charge in [0.1, 0.15) is 0 Å². The number of hydrogen-bond donors (Lipinski definition) is 0. The van der Waals surface area contributed by atoms with E-state index in [0.29, 0.717) is 11.8 Å². The summed E-state index contributed by atoms with van der Waals surface area (Å²) in [6.07, 6.45) is 7.14. The molecule has 0 spiro atoms. The Morgan fingerprint density at radius 2 is 1.84 bits per heavy atom. The zero-order valence-electron chi connectivity index (χ0n) is 18.6. The predicted octanol–water partition coefficient (Wildman–Crippen LogP) is 9.39. The van der Waals surface area contributed by atoms with Crippen molar-refractivity contribution in [2.24, 2.45) is 11.8 Å². The Hall–Kier alpha value is -1.38. The lowest BCUT2D eigenvalue weighted by molar-refractivity contribution is 0.496. The molecule has 4 unspecified atom stereocenters. The van der Waals surface area contributed by atoms with E-state index in [0.717, 1.165) is 18.8 Å². The number of allylic oxidation sites excluding steroid dienone is 1. The SMILES string of the molecule is CC1=Cc2c(Br)cccc2C1CCc1cccc2ccc(C3(Br)CC(C)CC3C)cc12. The standard InChI is InChI=1S/C29H30Br2/c1-18-14-20(3)29(31,17-18)23-12-10-21-6-4-7-22(26(21)16-23)11-13-24-19(2)15-27-25(24)8-5-9-28(27)30/h4-10,12,15-16,18,20,24H,11,13-14,17H2,1-3H3. The van der Waals surface area contributed by atoms with Gasteiger partial charge in [-0.1, -0.05) is 99.8 Å². The molecule has 4 atom stereocenters. The van der Waals surface area contributed by atoms with E-state index in [9.17, 15) is 0 Å². The van der Waals surface area contributed by atoms with Crippen LogP contribution in [-0.4, -0.2) is 0 Å². The molecule has 3 aromatic rings. The van der Waals surface area contributed by atoms with Crippen LogP contribution in [0.5, 0.6) is 0 Å². The van der Waals surface area contributed by atoms with E-state index in [1.54, 1.807) is 0 Å². The van der Waals surface area contributed by atoms with Gasteiger partial charge in [0.05, 0.1) is 4.32 Å². The summed E-state index contributed by atoms with van der Waals surface area (Å²) in [5, 5.41) is 2.79. The molecule has 31 heavy (non-hydrogen) atoms. The third-order valence-electron chi connectivity index (χ3n) is 7.72. The number of halogens is 2. The van der Waals surface area contributed by atoms with E-state index in [1.807, 2.05) is 0 Å². The molecule has 0 bridgehead atoms. The normalized spacial score (nSPS) is 27.5. The fourth-order valence-corrected chi connectivity index (χ4v) is 7.55. The average molecular weight is 538 g/mol. The van der Waals surface area contributed by atoms with Crippen molar-refractivity contribution < 1.29 is 0 Å². The minimum atomic E-state index is 0.115. The minimum Gasteiger partial charge on any atom is -0.0798 e. The van der Waals surface area contributed by atoms with Gasteiger partial charge in [-0.05, 0) is 89.6 Å². The highest BCUT2D eigenvalue weighted by molar-refractivity contribution is 9.10. The summed E-state index contributed by atoms with van der Waals surface area (Å²) in [7, 11) is 0. The summed E-state index contributed by atoms with van der Waals surface area (Å²) in [6, 6.07) is 20.6. The van der Waals surface area contributed by atoms with E-state index in [-0.39, 0.29) is 4.32 Å². The van der Waals surface area contributed by atoms with Crippen LogP contribution in [0.3, 0.4) is 0 Å².